The highest BCUT2D eigenvalue weighted by molar-refractivity contribution is 6.98. The van der Waals surface area contributed by atoms with Crippen LogP contribution in [0.2, 0.25) is 5.04 Å². The van der Waals surface area contributed by atoms with Gasteiger partial charge in [0.25, 0.3) is 8.32 Å². The minimum atomic E-state index is -3.19. The lowest BCUT2D eigenvalue weighted by molar-refractivity contribution is 0.0334. The predicted molar refractivity (Wildman–Crippen MR) is 146 cm³/mol. The van der Waals surface area contributed by atoms with Gasteiger partial charge in [0.1, 0.15) is 6.10 Å². The molecule has 6 heteroatoms. The quantitative estimate of drug-likeness (QED) is 0.293. The molecule has 5 nitrogen and oxygen atoms in total. The molecule has 4 rings (SSSR count). The van der Waals surface area contributed by atoms with E-state index >= 15 is 0 Å². The number of rotatable bonds is 11. The van der Waals surface area contributed by atoms with E-state index in [1.807, 2.05) is 73.7 Å². The van der Waals surface area contributed by atoms with Crippen LogP contribution in [-0.2, 0) is 11.2 Å². The van der Waals surface area contributed by atoms with Gasteiger partial charge in [-0.3, -0.25) is 0 Å². The average Bonchev–Trinajstić information content (AvgIpc) is 3.39. The Morgan fingerprint density at radius 2 is 1.56 bits per heavy atom. The van der Waals surface area contributed by atoms with E-state index in [9.17, 15) is 9.90 Å². The van der Waals surface area contributed by atoms with Crippen molar-refractivity contribution >= 4 is 18.7 Å². The third-order valence-electron chi connectivity index (χ3n) is 7.30. The molecule has 0 saturated heterocycles. The fourth-order valence-corrected chi connectivity index (χ4v) is 8.84. The van der Waals surface area contributed by atoms with Crippen LogP contribution < -0.4 is 19.8 Å². The lowest BCUT2D eigenvalue weighted by atomic mass is 9.93. The molecule has 0 bridgehead atoms. The van der Waals surface area contributed by atoms with Gasteiger partial charge in [-0.25, -0.2) is 0 Å². The van der Waals surface area contributed by atoms with Crippen LogP contribution in [0.3, 0.4) is 0 Å². The summed E-state index contributed by atoms with van der Waals surface area (Å²) in [4.78, 5) is 12.6. The summed E-state index contributed by atoms with van der Waals surface area (Å²) < 4.78 is 17.3. The number of hydrogen-bond acceptors (Lipinski definition) is 5. The number of unbranched alkanes of at least 4 members (excludes halogenated alkanes) is 1. The highest BCUT2D eigenvalue weighted by atomic mass is 28.4. The zero-order valence-corrected chi connectivity index (χ0v) is 22.8. The highest BCUT2D eigenvalue weighted by Gasteiger charge is 2.50. The molecule has 2 N–H and O–H groups in total. The van der Waals surface area contributed by atoms with Crippen molar-refractivity contribution in [2.24, 2.45) is 0 Å². The van der Waals surface area contributed by atoms with E-state index in [1.165, 1.54) is 0 Å². The molecule has 1 aliphatic heterocycles. The highest BCUT2D eigenvalue weighted by Crippen LogP contribution is 2.46. The normalized spacial score (nSPS) is 14.2. The van der Waals surface area contributed by atoms with Gasteiger partial charge in [-0.05, 0) is 52.4 Å². The van der Waals surface area contributed by atoms with Crippen LogP contribution in [0.4, 0.5) is 0 Å². The topological polar surface area (TPSA) is 68.2 Å². The van der Waals surface area contributed by atoms with Gasteiger partial charge in [-0.15, -0.1) is 0 Å². The molecule has 0 unspecified atom stereocenters. The molecule has 1 heterocycles. The number of hydrogen-bond donors (Lipinski definition) is 2. The average molecular weight is 507 g/mol. The molecule has 0 saturated carbocycles. The molecular weight excluding hydrogens is 468 g/mol. The summed E-state index contributed by atoms with van der Waals surface area (Å²) in [5.41, 5.74) is 2.69. The smallest absolute Gasteiger partial charge is 0.258 e. The van der Waals surface area contributed by atoms with Crippen molar-refractivity contribution in [2.75, 3.05) is 20.0 Å². The van der Waals surface area contributed by atoms with Gasteiger partial charge in [0, 0.05) is 12.2 Å². The van der Waals surface area contributed by atoms with Crippen molar-refractivity contribution < 1.29 is 24.1 Å². The number of benzene rings is 3. The first-order valence-corrected chi connectivity index (χ1v) is 14.8. The Bertz CT molecular complexity index is 1110. The summed E-state index contributed by atoms with van der Waals surface area (Å²) in [6, 6.07) is 22.1. The molecule has 1 atom stereocenters. The fraction of sp³-hybridized carbons (Fsp3) is 0.400. The number of fused-ring (bicyclic) bond motifs is 1. The van der Waals surface area contributed by atoms with E-state index in [0.717, 1.165) is 34.3 Å². The summed E-state index contributed by atoms with van der Waals surface area (Å²) in [6.07, 6.45) is 1.79. The first kappa shape index (κ1) is 26.4. The summed E-state index contributed by atoms with van der Waals surface area (Å²) >= 11 is 0. The predicted octanol–water partition coefficient (Wildman–Crippen LogP) is 4.65. The van der Waals surface area contributed by atoms with Gasteiger partial charge < -0.3 is 24.1 Å². The molecule has 0 spiro atoms. The lowest BCUT2D eigenvalue weighted by Crippen LogP contribution is -2.65. The maximum atomic E-state index is 12.6. The Hall–Kier alpha value is -2.64. The first-order chi connectivity index (χ1) is 17.3. The van der Waals surface area contributed by atoms with E-state index < -0.39 is 19.5 Å². The van der Waals surface area contributed by atoms with Crippen LogP contribution in [0.25, 0.3) is 0 Å². The Labute approximate surface area is 215 Å². The van der Waals surface area contributed by atoms with Crippen molar-refractivity contribution in [1.29, 1.82) is 0 Å². The third kappa shape index (κ3) is 5.09. The molecule has 1 aliphatic rings. The minimum Gasteiger partial charge on any atom is -0.453 e. The lowest BCUT2D eigenvalue weighted by Gasteiger charge is -2.41. The second-order valence-electron chi connectivity index (χ2n) is 10.3. The molecule has 192 valence electrons. The van der Waals surface area contributed by atoms with E-state index in [-0.39, 0.29) is 13.4 Å². The second kappa shape index (κ2) is 11.2. The molecule has 0 aliphatic carbocycles. The molecule has 36 heavy (non-hydrogen) atoms. The largest absolute Gasteiger partial charge is 0.453 e. The third-order valence-corrected chi connectivity index (χ3v) is 11.8. The van der Waals surface area contributed by atoms with Gasteiger partial charge >= 0.3 is 0 Å². The van der Waals surface area contributed by atoms with Gasteiger partial charge in [0.2, 0.25) is 6.79 Å². The number of aliphatic hydroxyl groups excluding tert-OH is 1. The molecule has 0 amide bonds. The Morgan fingerprint density at radius 1 is 0.972 bits per heavy atom. The molecular formula is C30H38O5Si. The molecule has 0 aromatic heterocycles. The maximum absolute atomic E-state index is 12.6. The Kier molecular flexibility index (Phi) is 8.20. The van der Waals surface area contributed by atoms with Gasteiger partial charge in [0.15, 0.2) is 11.5 Å². The molecule has 0 radical (unpaired) electrons. The SMILES string of the molecule is CCCCOC[C@@H](O)c1cc(CC(C)(C)[Si](O)(c2ccccc2)c2ccccc2)c(C)c2c1OCO2. The van der Waals surface area contributed by atoms with Crippen molar-refractivity contribution in [3.63, 3.8) is 0 Å². The van der Waals surface area contributed by atoms with E-state index in [4.69, 9.17) is 14.2 Å². The standard InChI is InChI=1S/C30H38O5Si/c1-5-6-17-33-20-27(31)26-18-23(22(2)28-29(26)35-21-34-28)19-30(3,4)36(32,24-13-9-7-10-14-24)25-15-11-8-12-16-25/h7-16,18,27,31-32H,5-6,17,19-21H2,1-4H3/t27-/m1/s1. The second-order valence-corrected chi connectivity index (χ2v) is 14.2. The van der Waals surface area contributed by atoms with E-state index in [1.54, 1.807) is 0 Å². The Morgan fingerprint density at radius 3 is 2.14 bits per heavy atom. The van der Waals surface area contributed by atoms with Crippen molar-refractivity contribution in [1.82, 2.24) is 0 Å². The van der Waals surface area contributed by atoms with Crippen LogP contribution in [-0.4, -0.2) is 38.2 Å². The maximum Gasteiger partial charge on any atom is 0.258 e. The van der Waals surface area contributed by atoms with Crippen molar-refractivity contribution in [2.45, 2.75) is 58.1 Å². The van der Waals surface area contributed by atoms with E-state index in [0.29, 0.717) is 30.1 Å². The summed E-state index contributed by atoms with van der Waals surface area (Å²) in [7, 11) is -3.19. The first-order valence-electron chi connectivity index (χ1n) is 12.8. The van der Waals surface area contributed by atoms with Crippen LogP contribution >= 0.6 is 0 Å². The van der Waals surface area contributed by atoms with Crippen molar-refractivity contribution in [3.8, 4) is 11.5 Å². The zero-order chi connectivity index (χ0) is 25.8. The molecule has 0 fully saturated rings. The van der Waals surface area contributed by atoms with E-state index in [2.05, 4.69) is 20.8 Å². The van der Waals surface area contributed by atoms with Crippen LogP contribution in [0.5, 0.6) is 11.5 Å². The zero-order valence-electron chi connectivity index (χ0n) is 21.8. The van der Waals surface area contributed by atoms with Crippen LogP contribution in [0.1, 0.15) is 56.4 Å². The summed E-state index contributed by atoms with van der Waals surface area (Å²) in [5.74, 6) is 1.27. The monoisotopic (exact) mass is 506 g/mol. The molecule has 3 aromatic carbocycles. The van der Waals surface area contributed by atoms with Crippen molar-refractivity contribution in [3.05, 3.63) is 83.4 Å². The van der Waals surface area contributed by atoms with Gasteiger partial charge in [0.05, 0.1) is 6.61 Å². The fourth-order valence-electron chi connectivity index (χ4n) is 5.15. The van der Waals surface area contributed by atoms with Crippen LogP contribution in [0, 0.1) is 6.92 Å². The number of aliphatic hydroxyl groups is 1. The Balaban J connectivity index is 1.73. The number of ether oxygens (including phenoxy) is 3. The van der Waals surface area contributed by atoms with Gasteiger partial charge in [-0.1, -0.05) is 87.9 Å². The molecule has 3 aromatic rings. The van der Waals surface area contributed by atoms with Crippen LogP contribution in [0.15, 0.2) is 66.7 Å². The minimum absolute atomic E-state index is 0.131. The van der Waals surface area contributed by atoms with Gasteiger partial charge in [-0.2, -0.15) is 0 Å². The summed E-state index contributed by atoms with van der Waals surface area (Å²) in [5, 5.41) is 12.5. The summed E-state index contributed by atoms with van der Waals surface area (Å²) in [6.45, 7) is 9.38.